The van der Waals surface area contributed by atoms with Crippen molar-refractivity contribution in [2.24, 2.45) is 5.92 Å². The minimum atomic E-state index is -0.563. The second-order valence-electron chi connectivity index (χ2n) is 5.02. The first-order valence-electron chi connectivity index (χ1n) is 6.72. The van der Waals surface area contributed by atoms with Gasteiger partial charge in [0.05, 0.1) is 13.7 Å². The molecule has 0 saturated carbocycles. The van der Waals surface area contributed by atoms with E-state index in [1.807, 2.05) is 30.3 Å². The van der Waals surface area contributed by atoms with Gasteiger partial charge < -0.3 is 0 Å². The Balaban J connectivity index is 1.92. The minimum Gasteiger partial charge on any atom is -0.297 e. The molecule has 1 aromatic carbocycles. The van der Waals surface area contributed by atoms with Gasteiger partial charge in [-0.05, 0) is 12.0 Å². The maximum Gasteiger partial charge on any atom is 0.256 e. The average molecular weight is 276 g/mol. The fourth-order valence-corrected chi connectivity index (χ4v) is 2.43. The van der Waals surface area contributed by atoms with Gasteiger partial charge in [-0.25, -0.2) is 5.06 Å². The molecule has 1 heterocycles. The second kappa shape index (κ2) is 6.63. The third-order valence-corrected chi connectivity index (χ3v) is 3.63. The van der Waals surface area contributed by atoms with E-state index in [4.69, 9.17) is 4.84 Å². The Labute approximate surface area is 119 Å². The largest absolute Gasteiger partial charge is 0.297 e. The van der Waals surface area contributed by atoms with E-state index in [9.17, 15) is 9.59 Å². The number of carbonyl (C=O) groups excluding carboxylic acids is 2. The maximum atomic E-state index is 12.1. The number of carbonyl (C=O) groups is 2. The summed E-state index contributed by atoms with van der Waals surface area (Å²) in [6.07, 6.45) is 0.554. The van der Waals surface area contributed by atoms with E-state index in [1.54, 1.807) is 0 Å². The quantitative estimate of drug-likeness (QED) is 0.610. The van der Waals surface area contributed by atoms with Crippen LogP contribution in [0.1, 0.15) is 12.0 Å². The van der Waals surface area contributed by atoms with Crippen LogP contribution in [0.2, 0.25) is 0 Å². The van der Waals surface area contributed by atoms with E-state index in [0.717, 1.165) is 18.2 Å². The van der Waals surface area contributed by atoms with Crippen LogP contribution in [0.25, 0.3) is 0 Å². The van der Waals surface area contributed by atoms with Crippen LogP contribution in [0.15, 0.2) is 30.3 Å². The Morgan fingerprint density at radius 3 is 2.70 bits per heavy atom. The predicted molar refractivity (Wildman–Crippen MR) is 74.6 cm³/mol. The number of piperidine rings is 1. The van der Waals surface area contributed by atoms with Crippen molar-refractivity contribution in [1.82, 2.24) is 9.96 Å². The van der Waals surface area contributed by atoms with Crippen LogP contribution in [0, 0.1) is 5.92 Å². The van der Waals surface area contributed by atoms with Crippen LogP contribution in [-0.4, -0.2) is 48.9 Å². The molecular formula is C15H20N2O3. The minimum absolute atomic E-state index is 0.0268. The fraction of sp³-hybridized carbons (Fsp3) is 0.467. The summed E-state index contributed by atoms with van der Waals surface area (Å²) in [5, 5.41) is 1.13. The molecule has 0 N–H and O–H groups in total. The molecule has 108 valence electrons. The summed E-state index contributed by atoms with van der Waals surface area (Å²) in [6, 6.07) is 10.0. The molecule has 20 heavy (non-hydrogen) atoms. The standard InChI is InChI=1S/C15H20N2O3/c1-16(20-2)15(19)13-8-9-17(11-14(13)18)10-12-6-4-3-5-7-12/h3-7,13H,8-11H2,1-2H3/t13-/m0/s1. The number of ketones is 1. The Morgan fingerprint density at radius 2 is 2.10 bits per heavy atom. The zero-order valence-corrected chi connectivity index (χ0v) is 11.9. The van der Waals surface area contributed by atoms with Crippen molar-refractivity contribution in [3.8, 4) is 0 Å². The number of hydroxylamine groups is 2. The first-order valence-corrected chi connectivity index (χ1v) is 6.72. The molecule has 1 saturated heterocycles. The average Bonchev–Trinajstić information content (AvgIpc) is 2.47. The Morgan fingerprint density at radius 1 is 1.40 bits per heavy atom. The number of hydrogen-bond acceptors (Lipinski definition) is 4. The molecule has 5 heteroatoms. The first kappa shape index (κ1) is 14.7. The van der Waals surface area contributed by atoms with Crippen molar-refractivity contribution < 1.29 is 14.4 Å². The summed E-state index contributed by atoms with van der Waals surface area (Å²) in [5.74, 6) is -0.843. The lowest BCUT2D eigenvalue weighted by Gasteiger charge is -2.31. The molecule has 0 aliphatic carbocycles. The molecule has 1 amide bonds. The smallest absolute Gasteiger partial charge is 0.256 e. The summed E-state index contributed by atoms with van der Waals surface area (Å²) in [5.41, 5.74) is 1.18. The lowest BCUT2D eigenvalue weighted by atomic mass is 9.94. The van der Waals surface area contributed by atoms with Gasteiger partial charge >= 0.3 is 0 Å². The van der Waals surface area contributed by atoms with Crippen molar-refractivity contribution in [2.45, 2.75) is 13.0 Å². The number of benzene rings is 1. The highest BCUT2D eigenvalue weighted by atomic mass is 16.7. The lowest BCUT2D eigenvalue weighted by Crippen LogP contribution is -2.46. The number of likely N-dealkylation sites (tertiary alicyclic amines) is 1. The van der Waals surface area contributed by atoms with Gasteiger partial charge in [0.25, 0.3) is 5.91 Å². The molecule has 1 aliphatic rings. The number of hydrogen-bond donors (Lipinski definition) is 0. The molecule has 0 spiro atoms. The van der Waals surface area contributed by atoms with Gasteiger partial charge in [-0.3, -0.25) is 19.3 Å². The highest BCUT2D eigenvalue weighted by Crippen LogP contribution is 2.18. The normalized spacial score (nSPS) is 19.9. The van der Waals surface area contributed by atoms with Gasteiger partial charge in [-0.15, -0.1) is 0 Å². The van der Waals surface area contributed by atoms with E-state index in [0.29, 0.717) is 13.0 Å². The fourth-order valence-electron chi connectivity index (χ4n) is 2.43. The van der Waals surface area contributed by atoms with Crippen LogP contribution >= 0.6 is 0 Å². The molecule has 0 bridgehead atoms. The van der Waals surface area contributed by atoms with E-state index in [1.165, 1.54) is 19.7 Å². The van der Waals surface area contributed by atoms with Gasteiger partial charge in [0.1, 0.15) is 5.92 Å². The zero-order chi connectivity index (χ0) is 14.5. The maximum absolute atomic E-state index is 12.1. The predicted octanol–water partition coefficient (Wildman–Crippen LogP) is 1.10. The molecule has 0 radical (unpaired) electrons. The Hall–Kier alpha value is -1.72. The lowest BCUT2D eigenvalue weighted by molar-refractivity contribution is -0.176. The first-order chi connectivity index (χ1) is 9.61. The van der Waals surface area contributed by atoms with Crippen LogP contribution in [0.4, 0.5) is 0 Å². The Kier molecular flexibility index (Phi) is 4.87. The van der Waals surface area contributed by atoms with Crippen molar-refractivity contribution in [3.63, 3.8) is 0 Å². The molecule has 1 aliphatic heterocycles. The molecule has 5 nitrogen and oxygen atoms in total. The van der Waals surface area contributed by atoms with E-state index < -0.39 is 5.92 Å². The van der Waals surface area contributed by atoms with Gasteiger partial charge in [-0.2, -0.15) is 0 Å². The van der Waals surface area contributed by atoms with E-state index in [2.05, 4.69) is 4.90 Å². The molecule has 1 fully saturated rings. The third-order valence-electron chi connectivity index (χ3n) is 3.63. The second-order valence-corrected chi connectivity index (χ2v) is 5.02. The summed E-state index contributed by atoms with van der Waals surface area (Å²) < 4.78 is 0. The molecule has 0 aromatic heterocycles. The zero-order valence-electron chi connectivity index (χ0n) is 11.9. The van der Waals surface area contributed by atoms with E-state index in [-0.39, 0.29) is 11.7 Å². The molecule has 1 aromatic rings. The van der Waals surface area contributed by atoms with Crippen molar-refractivity contribution >= 4 is 11.7 Å². The summed E-state index contributed by atoms with van der Waals surface area (Å²) >= 11 is 0. The summed E-state index contributed by atoms with van der Waals surface area (Å²) in [4.78, 5) is 31.0. The molecular weight excluding hydrogens is 256 g/mol. The number of nitrogens with zero attached hydrogens (tertiary/aromatic N) is 2. The Bertz CT molecular complexity index is 475. The topological polar surface area (TPSA) is 49.9 Å². The van der Waals surface area contributed by atoms with Crippen molar-refractivity contribution in [2.75, 3.05) is 27.2 Å². The molecule has 0 unspecified atom stereocenters. The van der Waals surface area contributed by atoms with Crippen LogP contribution in [-0.2, 0) is 21.0 Å². The SMILES string of the molecule is CON(C)C(=O)[C@H]1CCN(Cc2ccccc2)CC1=O. The van der Waals surface area contributed by atoms with E-state index >= 15 is 0 Å². The number of amides is 1. The van der Waals surface area contributed by atoms with Gasteiger partial charge in [0, 0.05) is 20.1 Å². The van der Waals surface area contributed by atoms with Crippen molar-refractivity contribution in [1.29, 1.82) is 0 Å². The highest BCUT2D eigenvalue weighted by Gasteiger charge is 2.34. The van der Waals surface area contributed by atoms with Gasteiger partial charge in [-0.1, -0.05) is 30.3 Å². The molecule has 1 atom stereocenters. The van der Waals surface area contributed by atoms with Crippen LogP contribution in [0.3, 0.4) is 0 Å². The monoisotopic (exact) mass is 276 g/mol. The van der Waals surface area contributed by atoms with Gasteiger partial charge in [0.15, 0.2) is 5.78 Å². The summed E-state index contributed by atoms with van der Waals surface area (Å²) in [6.45, 7) is 1.81. The van der Waals surface area contributed by atoms with Crippen LogP contribution in [0.5, 0.6) is 0 Å². The highest BCUT2D eigenvalue weighted by molar-refractivity contribution is 6.02. The molecule has 2 rings (SSSR count). The number of Topliss-reactive ketones (excluding diaryl/α,β-unsaturated/α-hetero) is 1. The van der Waals surface area contributed by atoms with Crippen molar-refractivity contribution in [3.05, 3.63) is 35.9 Å². The van der Waals surface area contributed by atoms with Gasteiger partial charge in [0.2, 0.25) is 0 Å². The third kappa shape index (κ3) is 3.43. The number of rotatable bonds is 4. The summed E-state index contributed by atoms with van der Waals surface area (Å²) in [7, 11) is 2.96. The van der Waals surface area contributed by atoms with Crippen LogP contribution < -0.4 is 0 Å².